The van der Waals surface area contributed by atoms with Gasteiger partial charge in [-0.1, -0.05) is 31.4 Å². The van der Waals surface area contributed by atoms with Crippen molar-refractivity contribution in [3.8, 4) is 0 Å². The third kappa shape index (κ3) is 3.27. The van der Waals surface area contributed by atoms with Gasteiger partial charge >= 0.3 is 0 Å². The molecule has 0 radical (unpaired) electrons. The summed E-state index contributed by atoms with van der Waals surface area (Å²) >= 11 is 6.48. The normalized spacial score (nSPS) is 19.3. The lowest BCUT2D eigenvalue weighted by atomic mass is 9.89. The average molecular weight is 314 g/mol. The minimum atomic E-state index is -0.161. The Kier molecular flexibility index (Phi) is 5.69. The van der Waals surface area contributed by atoms with Crippen LogP contribution < -0.4 is 5.32 Å². The molecular formula is C16H28ClN3O. The lowest BCUT2D eigenvalue weighted by Gasteiger charge is -2.38. The Hall–Kier alpha value is -0.580. The molecule has 120 valence electrons. The predicted octanol–water partition coefficient (Wildman–Crippen LogP) is 4.12. The number of nitrogens with zero attached hydrogens (tertiary/aromatic N) is 2. The molecule has 21 heavy (non-hydrogen) atoms. The van der Waals surface area contributed by atoms with E-state index in [0.29, 0.717) is 0 Å². The minimum absolute atomic E-state index is 0.0994. The van der Waals surface area contributed by atoms with Crippen molar-refractivity contribution in [1.29, 1.82) is 0 Å². The first-order valence-corrected chi connectivity index (χ1v) is 8.45. The number of rotatable bonds is 7. The van der Waals surface area contributed by atoms with Crippen molar-refractivity contribution >= 4 is 11.6 Å². The number of halogens is 1. The van der Waals surface area contributed by atoms with Crippen LogP contribution in [0.5, 0.6) is 0 Å². The predicted molar refractivity (Wildman–Crippen MR) is 86.9 cm³/mol. The van der Waals surface area contributed by atoms with Crippen molar-refractivity contribution < 1.29 is 4.74 Å². The summed E-state index contributed by atoms with van der Waals surface area (Å²) in [6.07, 6.45) is 7.42. The van der Waals surface area contributed by atoms with Crippen LogP contribution in [0, 0.1) is 0 Å². The van der Waals surface area contributed by atoms with Gasteiger partial charge in [-0.05, 0) is 39.7 Å². The zero-order valence-electron chi connectivity index (χ0n) is 13.7. The van der Waals surface area contributed by atoms with Crippen molar-refractivity contribution in [3.05, 3.63) is 16.9 Å². The lowest BCUT2D eigenvalue weighted by Crippen LogP contribution is -2.45. The highest BCUT2D eigenvalue weighted by atomic mass is 35.5. The van der Waals surface area contributed by atoms with Crippen molar-refractivity contribution in [2.75, 3.05) is 13.7 Å². The molecule has 0 aliphatic heterocycles. The van der Waals surface area contributed by atoms with Crippen LogP contribution in [-0.4, -0.2) is 29.0 Å². The molecule has 1 aliphatic carbocycles. The molecule has 1 atom stereocenters. The van der Waals surface area contributed by atoms with E-state index < -0.39 is 0 Å². The van der Waals surface area contributed by atoms with Crippen LogP contribution in [0.15, 0.2) is 6.20 Å². The molecule has 0 saturated heterocycles. The monoisotopic (exact) mass is 313 g/mol. The van der Waals surface area contributed by atoms with Gasteiger partial charge in [-0.25, -0.2) is 0 Å². The van der Waals surface area contributed by atoms with E-state index in [-0.39, 0.29) is 17.7 Å². The summed E-state index contributed by atoms with van der Waals surface area (Å²) in [7, 11) is 1.83. The standard InChI is InChI=1S/C16H28ClN3O/c1-5-10-18-15(16(21-4)8-6-7-9-16)14-13(17)11-19-20(14)12(2)3/h11-12,15,18H,5-10H2,1-4H3. The van der Waals surface area contributed by atoms with Gasteiger partial charge in [0.25, 0.3) is 0 Å². The zero-order chi connectivity index (χ0) is 15.5. The molecule has 0 bridgehead atoms. The SMILES string of the molecule is CCCNC(c1c(Cl)cnn1C(C)C)C1(OC)CCCC1. The molecule has 1 aromatic rings. The fourth-order valence-corrected chi connectivity index (χ4v) is 3.68. The lowest BCUT2D eigenvalue weighted by molar-refractivity contribution is -0.0391. The zero-order valence-corrected chi connectivity index (χ0v) is 14.4. The first kappa shape index (κ1) is 16.8. The maximum absolute atomic E-state index is 6.48. The van der Waals surface area contributed by atoms with E-state index in [9.17, 15) is 0 Å². The number of aromatic nitrogens is 2. The van der Waals surface area contributed by atoms with Crippen LogP contribution in [0.3, 0.4) is 0 Å². The van der Waals surface area contributed by atoms with E-state index in [2.05, 4.69) is 31.2 Å². The minimum Gasteiger partial charge on any atom is -0.376 e. The number of ether oxygens (including phenoxy) is 1. The van der Waals surface area contributed by atoms with Gasteiger partial charge < -0.3 is 10.1 Å². The molecular weight excluding hydrogens is 286 g/mol. The molecule has 1 fully saturated rings. The summed E-state index contributed by atoms with van der Waals surface area (Å²) in [6.45, 7) is 7.41. The highest BCUT2D eigenvalue weighted by Crippen LogP contribution is 2.44. The quantitative estimate of drug-likeness (QED) is 0.823. The topological polar surface area (TPSA) is 39.1 Å². The molecule has 0 aromatic carbocycles. The number of nitrogens with one attached hydrogen (secondary N) is 1. The van der Waals surface area contributed by atoms with Crippen LogP contribution in [0.2, 0.25) is 5.02 Å². The van der Waals surface area contributed by atoms with Gasteiger partial charge in [0.1, 0.15) is 0 Å². The van der Waals surface area contributed by atoms with E-state index in [1.54, 1.807) is 6.20 Å². The second kappa shape index (κ2) is 7.12. The fourth-order valence-electron chi connectivity index (χ4n) is 3.44. The molecule has 1 unspecified atom stereocenters. The summed E-state index contributed by atoms with van der Waals surface area (Å²) in [4.78, 5) is 0. The average Bonchev–Trinajstić information content (AvgIpc) is 3.08. The Morgan fingerprint density at radius 1 is 1.43 bits per heavy atom. The molecule has 2 rings (SSSR count). The summed E-state index contributed by atoms with van der Waals surface area (Å²) in [5.74, 6) is 0. The third-order valence-corrected chi connectivity index (χ3v) is 4.82. The van der Waals surface area contributed by atoms with Gasteiger partial charge in [-0.2, -0.15) is 5.10 Å². The van der Waals surface area contributed by atoms with Gasteiger partial charge in [0.05, 0.1) is 28.6 Å². The van der Waals surface area contributed by atoms with Gasteiger partial charge in [0, 0.05) is 13.2 Å². The Labute approximate surface area is 133 Å². The fraction of sp³-hybridized carbons (Fsp3) is 0.812. The van der Waals surface area contributed by atoms with Crippen LogP contribution in [0.25, 0.3) is 0 Å². The molecule has 5 heteroatoms. The van der Waals surface area contributed by atoms with Crippen LogP contribution in [-0.2, 0) is 4.74 Å². The van der Waals surface area contributed by atoms with Gasteiger partial charge in [0.2, 0.25) is 0 Å². The maximum Gasteiger partial charge on any atom is 0.0888 e. The first-order chi connectivity index (χ1) is 10.1. The van der Waals surface area contributed by atoms with Gasteiger partial charge in [-0.15, -0.1) is 0 Å². The first-order valence-electron chi connectivity index (χ1n) is 8.07. The summed E-state index contributed by atoms with van der Waals surface area (Å²) in [5.41, 5.74) is 0.912. The number of hydrogen-bond donors (Lipinski definition) is 1. The van der Waals surface area contributed by atoms with Crippen molar-refractivity contribution in [2.24, 2.45) is 0 Å². The highest BCUT2D eigenvalue weighted by Gasteiger charge is 2.44. The highest BCUT2D eigenvalue weighted by molar-refractivity contribution is 6.31. The molecule has 4 nitrogen and oxygen atoms in total. The van der Waals surface area contributed by atoms with Gasteiger partial charge in [0.15, 0.2) is 0 Å². The van der Waals surface area contributed by atoms with E-state index in [4.69, 9.17) is 16.3 Å². The number of hydrogen-bond acceptors (Lipinski definition) is 3. The Bertz CT molecular complexity index is 452. The molecule has 1 N–H and O–H groups in total. The smallest absolute Gasteiger partial charge is 0.0888 e. The molecule has 1 aromatic heterocycles. The second-order valence-electron chi connectivity index (χ2n) is 6.28. The Balaban J connectivity index is 2.42. The van der Waals surface area contributed by atoms with Crippen molar-refractivity contribution in [1.82, 2.24) is 15.1 Å². The van der Waals surface area contributed by atoms with Crippen LogP contribution in [0.1, 0.15) is 70.7 Å². The van der Waals surface area contributed by atoms with E-state index >= 15 is 0 Å². The molecule has 1 heterocycles. The molecule has 0 spiro atoms. The van der Waals surface area contributed by atoms with Crippen LogP contribution in [0.4, 0.5) is 0 Å². The van der Waals surface area contributed by atoms with E-state index in [1.807, 2.05) is 11.8 Å². The summed E-state index contributed by atoms with van der Waals surface area (Å²) in [5, 5.41) is 8.88. The third-order valence-electron chi connectivity index (χ3n) is 4.53. The van der Waals surface area contributed by atoms with E-state index in [0.717, 1.165) is 36.5 Å². The largest absolute Gasteiger partial charge is 0.376 e. The summed E-state index contributed by atoms with van der Waals surface area (Å²) < 4.78 is 8.05. The molecule has 1 saturated carbocycles. The van der Waals surface area contributed by atoms with E-state index in [1.165, 1.54) is 12.8 Å². The Morgan fingerprint density at radius 3 is 2.62 bits per heavy atom. The molecule has 1 aliphatic rings. The van der Waals surface area contributed by atoms with Gasteiger partial charge in [-0.3, -0.25) is 4.68 Å². The second-order valence-corrected chi connectivity index (χ2v) is 6.69. The Morgan fingerprint density at radius 2 is 2.10 bits per heavy atom. The van der Waals surface area contributed by atoms with Crippen LogP contribution >= 0.6 is 11.6 Å². The van der Waals surface area contributed by atoms with Crippen molar-refractivity contribution in [2.45, 2.75) is 70.6 Å². The molecule has 0 amide bonds. The van der Waals surface area contributed by atoms with Crippen molar-refractivity contribution in [3.63, 3.8) is 0 Å². The summed E-state index contributed by atoms with van der Waals surface area (Å²) in [6, 6.07) is 0.385. The maximum atomic E-state index is 6.48. The number of methoxy groups -OCH3 is 1.